The van der Waals surface area contributed by atoms with Crippen LogP contribution in [0.2, 0.25) is 0 Å². The van der Waals surface area contributed by atoms with Gasteiger partial charge >= 0.3 is 5.97 Å². The van der Waals surface area contributed by atoms with E-state index in [9.17, 15) is 20.0 Å². The lowest BCUT2D eigenvalue weighted by atomic mass is 10.0. The third kappa shape index (κ3) is 4.17. The number of fused-ring (bicyclic) bond motifs is 1. The van der Waals surface area contributed by atoms with Crippen LogP contribution in [0.5, 0.6) is 5.75 Å². The second-order valence-electron chi connectivity index (χ2n) is 7.68. The second-order valence-corrected chi connectivity index (χ2v) is 7.68. The Morgan fingerprint density at radius 1 is 1.11 bits per heavy atom. The molecular weight excluding hydrogens is 450 g/mol. The Kier molecular flexibility index (Phi) is 5.61. The molecule has 0 unspecified atom stereocenters. The lowest BCUT2D eigenvalue weighted by Gasteiger charge is -2.21. The zero-order chi connectivity index (χ0) is 24.5. The molecule has 9 nitrogen and oxygen atoms in total. The van der Waals surface area contributed by atoms with Gasteiger partial charge in [-0.1, -0.05) is 30.3 Å². The molecule has 0 amide bonds. The van der Waals surface area contributed by atoms with Crippen LogP contribution < -0.4 is 9.96 Å². The summed E-state index contributed by atoms with van der Waals surface area (Å²) in [6.45, 7) is 0. The van der Waals surface area contributed by atoms with E-state index in [2.05, 4.69) is 5.10 Å². The van der Waals surface area contributed by atoms with E-state index in [1.54, 1.807) is 35.2 Å². The molecule has 0 saturated heterocycles. The average Bonchev–Trinajstić information content (AvgIpc) is 3.45. The Balaban J connectivity index is 1.60. The second kappa shape index (κ2) is 8.90. The fraction of sp³-hybridized carbons (Fsp3) is 0.0385. The van der Waals surface area contributed by atoms with Crippen LogP contribution >= 0.6 is 0 Å². The van der Waals surface area contributed by atoms with Crippen molar-refractivity contribution < 1.29 is 24.3 Å². The number of hydrogen-bond donors (Lipinski definition) is 1. The lowest BCUT2D eigenvalue weighted by molar-refractivity contribution is 0.0600. The molecule has 1 aromatic heterocycles. The van der Waals surface area contributed by atoms with Crippen molar-refractivity contribution in [2.24, 2.45) is 0 Å². The number of esters is 1. The van der Waals surface area contributed by atoms with Crippen molar-refractivity contribution in [3.8, 4) is 22.7 Å². The summed E-state index contributed by atoms with van der Waals surface area (Å²) >= 11 is 0. The first-order valence-corrected chi connectivity index (χ1v) is 10.5. The van der Waals surface area contributed by atoms with E-state index in [1.807, 2.05) is 30.3 Å². The Bertz CT molecular complexity index is 1470. The summed E-state index contributed by atoms with van der Waals surface area (Å²) in [5.74, 6) is -0.561. The maximum atomic E-state index is 13.1. The molecule has 4 aromatic rings. The standard InChI is InChI=1S/C26H18N3O6/c1-34-26(31)17-10-11-22-21(13-17)25(30)23(35-22)14-18-15-28(19-7-3-2-4-8-19)27-24(18)16-6-5-9-20(12-16)29(32)33/h2-15,32H,1H3/q-1/b23-14-. The summed E-state index contributed by atoms with van der Waals surface area (Å²) in [4.78, 5) is 24.9. The van der Waals surface area contributed by atoms with Crippen LogP contribution in [0.3, 0.4) is 0 Å². The number of nitrogens with zero attached hydrogens (tertiary/aromatic N) is 3. The number of ketones is 1. The number of allylic oxidation sites excluding steroid dienone is 1. The van der Waals surface area contributed by atoms with Gasteiger partial charge in [-0.25, -0.2) is 9.48 Å². The predicted octanol–water partition coefficient (Wildman–Crippen LogP) is 4.64. The summed E-state index contributed by atoms with van der Waals surface area (Å²) in [5.41, 5.74) is 2.87. The Morgan fingerprint density at radius 3 is 2.66 bits per heavy atom. The molecule has 1 aliphatic heterocycles. The molecule has 174 valence electrons. The molecule has 1 aliphatic rings. The van der Waals surface area contributed by atoms with Gasteiger partial charge in [-0.15, -0.1) is 0 Å². The zero-order valence-electron chi connectivity index (χ0n) is 18.4. The van der Waals surface area contributed by atoms with E-state index < -0.39 is 5.97 Å². The molecular formula is C26H18N3O6-. The monoisotopic (exact) mass is 468 g/mol. The molecule has 0 atom stereocenters. The number of carbonyl (C=O) groups excluding carboxylic acids is 2. The van der Waals surface area contributed by atoms with Gasteiger partial charge in [0.2, 0.25) is 5.78 Å². The largest absolute Gasteiger partial charge is 0.733 e. The van der Waals surface area contributed by atoms with E-state index in [0.717, 1.165) is 5.69 Å². The molecule has 3 aromatic carbocycles. The summed E-state index contributed by atoms with van der Waals surface area (Å²) in [5, 5.41) is 25.2. The van der Waals surface area contributed by atoms with Crippen LogP contribution in [0.4, 0.5) is 5.69 Å². The lowest BCUT2D eigenvalue weighted by Crippen LogP contribution is -2.06. The minimum absolute atomic E-state index is 0.0336. The number of rotatable bonds is 5. The number of hydrogen-bond acceptors (Lipinski definition) is 8. The number of para-hydroxylation sites is 1. The van der Waals surface area contributed by atoms with Gasteiger partial charge in [0, 0.05) is 17.3 Å². The average molecular weight is 468 g/mol. The van der Waals surface area contributed by atoms with Crippen molar-refractivity contribution in [1.82, 2.24) is 9.78 Å². The minimum atomic E-state index is -0.555. The van der Waals surface area contributed by atoms with Crippen LogP contribution in [0.1, 0.15) is 26.3 Å². The van der Waals surface area contributed by atoms with Gasteiger partial charge < -0.3 is 19.9 Å². The third-order valence-electron chi connectivity index (χ3n) is 5.48. The van der Waals surface area contributed by atoms with Gasteiger partial charge in [0.05, 0.1) is 29.6 Å². The highest BCUT2D eigenvalue weighted by Gasteiger charge is 2.29. The number of anilines is 1. The topological polar surface area (TPSA) is 117 Å². The highest BCUT2D eigenvalue weighted by atomic mass is 16.8. The highest BCUT2D eigenvalue weighted by Crippen LogP contribution is 2.35. The summed E-state index contributed by atoms with van der Waals surface area (Å²) < 4.78 is 12.2. The summed E-state index contributed by atoms with van der Waals surface area (Å²) in [6.07, 6.45) is 3.29. The van der Waals surface area contributed by atoms with Crippen molar-refractivity contribution in [3.63, 3.8) is 0 Å². The van der Waals surface area contributed by atoms with E-state index in [0.29, 0.717) is 22.6 Å². The molecule has 0 bridgehead atoms. The fourth-order valence-corrected chi connectivity index (χ4v) is 3.78. The highest BCUT2D eigenvalue weighted by molar-refractivity contribution is 6.15. The first kappa shape index (κ1) is 22.1. The summed E-state index contributed by atoms with van der Waals surface area (Å²) in [7, 11) is 1.27. The van der Waals surface area contributed by atoms with Gasteiger partial charge in [-0.3, -0.25) is 10.0 Å². The third-order valence-corrected chi connectivity index (χ3v) is 5.48. The van der Waals surface area contributed by atoms with Crippen molar-refractivity contribution in [3.05, 3.63) is 107 Å². The number of ether oxygens (including phenoxy) is 2. The van der Waals surface area contributed by atoms with Gasteiger partial charge in [0.1, 0.15) is 11.4 Å². The number of methoxy groups -OCH3 is 1. The smallest absolute Gasteiger partial charge is 0.337 e. The summed E-state index contributed by atoms with van der Waals surface area (Å²) in [6, 6.07) is 20.2. The van der Waals surface area contributed by atoms with Crippen molar-refractivity contribution in [2.45, 2.75) is 0 Å². The van der Waals surface area contributed by atoms with Gasteiger partial charge in [-0.2, -0.15) is 5.10 Å². The Labute approximate surface area is 199 Å². The molecule has 0 saturated carbocycles. The molecule has 0 spiro atoms. The first-order valence-electron chi connectivity index (χ1n) is 10.5. The molecule has 0 fully saturated rings. The molecule has 0 radical (unpaired) electrons. The molecule has 5 rings (SSSR count). The maximum absolute atomic E-state index is 13.1. The van der Waals surface area contributed by atoms with Gasteiger partial charge in [0.25, 0.3) is 0 Å². The number of benzene rings is 3. The van der Waals surface area contributed by atoms with E-state index in [1.165, 1.54) is 31.4 Å². The normalized spacial score (nSPS) is 13.5. The zero-order valence-corrected chi connectivity index (χ0v) is 18.4. The predicted molar refractivity (Wildman–Crippen MR) is 127 cm³/mol. The van der Waals surface area contributed by atoms with Crippen molar-refractivity contribution >= 4 is 23.5 Å². The van der Waals surface area contributed by atoms with Crippen LogP contribution in [0.15, 0.2) is 84.8 Å². The van der Waals surface area contributed by atoms with Crippen LogP contribution in [0.25, 0.3) is 23.0 Å². The molecule has 1 N–H and O–H groups in total. The van der Waals surface area contributed by atoms with Gasteiger partial charge in [-0.05, 0) is 48.5 Å². The molecule has 35 heavy (non-hydrogen) atoms. The van der Waals surface area contributed by atoms with Crippen molar-refractivity contribution in [1.29, 1.82) is 0 Å². The van der Waals surface area contributed by atoms with Crippen LogP contribution in [-0.4, -0.2) is 33.9 Å². The SMILES string of the molecule is COC(=O)c1ccc2c(c1)C(=O)/C(=C/c1cn(-c3ccccc3)nc1-c1cccc(N([O-])O)c1)O2. The Hall–Kier alpha value is -4.73. The quantitative estimate of drug-likeness (QED) is 0.256. The number of carbonyl (C=O) groups is 2. The first-order chi connectivity index (χ1) is 16.9. The maximum Gasteiger partial charge on any atom is 0.337 e. The molecule has 2 heterocycles. The van der Waals surface area contributed by atoms with E-state index in [-0.39, 0.29) is 33.6 Å². The van der Waals surface area contributed by atoms with E-state index >= 15 is 0 Å². The fourth-order valence-electron chi connectivity index (χ4n) is 3.78. The number of Topliss-reactive ketones (excluding diaryl/α,β-unsaturated/α-hetero) is 1. The molecule has 0 aliphatic carbocycles. The van der Waals surface area contributed by atoms with Crippen LogP contribution in [0, 0.1) is 5.21 Å². The molecule has 9 heteroatoms. The van der Waals surface area contributed by atoms with Gasteiger partial charge in [0.15, 0.2) is 5.76 Å². The minimum Gasteiger partial charge on any atom is -0.733 e. The number of aromatic nitrogens is 2. The van der Waals surface area contributed by atoms with E-state index in [4.69, 9.17) is 9.47 Å². The van der Waals surface area contributed by atoms with Crippen LogP contribution in [-0.2, 0) is 4.74 Å². The van der Waals surface area contributed by atoms with Crippen molar-refractivity contribution in [2.75, 3.05) is 12.3 Å². The Morgan fingerprint density at radius 2 is 1.91 bits per heavy atom.